The molecule has 1 aromatic rings. The predicted molar refractivity (Wildman–Crippen MR) is 65.6 cm³/mol. The fourth-order valence-corrected chi connectivity index (χ4v) is 1.54. The van der Waals surface area contributed by atoms with Crippen molar-refractivity contribution in [2.45, 2.75) is 25.8 Å². The molecule has 0 spiro atoms. The van der Waals surface area contributed by atoms with Crippen molar-refractivity contribution in [3.8, 4) is 5.75 Å². The average Bonchev–Trinajstić information content (AvgIpc) is 2.30. The van der Waals surface area contributed by atoms with Crippen LogP contribution in [0.25, 0.3) is 0 Å². The third-order valence-corrected chi connectivity index (χ3v) is 2.46. The van der Waals surface area contributed by atoms with Crippen molar-refractivity contribution in [1.82, 2.24) is 0 Å². The van der Waals surface area contributed by atoms with Gasteiger partial charge in [-0.25, -0.2) is 4.39 Å². The first-order chi connectivity index (χ1) is 8.15. The summed E-state index contributed by atoms with van der Waals surface area (Å²) in [5.41, 5.74) is 6.47. The van der Waals surface area contributed by atoms with Crippen LogP contribution in [-0.4, -0.2) is 20.3 Å². The summed E-state index contributed by atoms with van der Waals surface area (Å²) in [7, 11) is 1.68. The molecule has 0 aromatic heterocycles. The molecule has 0 radical (unpaired) electrons. The molecule has 3 nitrogen and oxygen atoms in total. The normalized spacial score (nSPS) is 12.5. The van der Waals surface area contributed by atoms with Gasteiger partial charge in [-0.3, -0.25) is 0 Å². The summed E-state index contributed by atoms with van der Waals surface area (Å²) in [4.78, 5) is 0. The molecule has 1 rings (SSSR count). The molecule has 4 heteroatoms. The second-order valence-electron chi connectivity index (χ2n) is 4.02. The fraction of sp³-hybridized carbons (Fsp3) is 0.538. The number of nitrogens with two attached hydrogens (primary N) is 1. The molecule has 0 fully saturated rings. The maximum absolute atomic E-state index is 13.1. The van der Waals surface area contributed by atoms with Crippen LogP contribution in [0.3, 0.4) is 0 Å². The van der Waals surface area contributed by atoms with Crippen LogP contribution in [0.1, 0.15) is 31.4 Å². The van der Waals surface area contributed by atoms with Gasteiger partial charge in [0.25, 0.3) is 0 Å². The van der Waals surface area contributed by atoms with E-state index in [1.54, 1.807) is 13.2 Å². The lowest BCUT2D eigenvalue weighted by molar-refractivity contribution is 0.184. The van der Waals surface area contributed by atoms with Gasteiger partial charge in [0.1, 0.15) is 11.6 Å². The van der Waals surface area contributed by atoms with Gasteiger partial charge < -0.3 is 15.2 Å². The van der Waals surface area contributed by atoms with Crippen LogP contribution >= 0.6 is 0 Å². The molecular formula is C13H20FNO2. The number of rotatable bonds is 7. The lowest BCUT2D eigenvalue weighted by atomic mass is 10.1. The Hall–Kier alpha value is -1.13. The fourth-order valence-electron chi connectivity index (χ4n) is 1.54. The monoisotopic (exact) mass is 241 g/mol. The Bertz CT molecular complexity index is 342. The highest BCUT2D eigenvalue weighted by Gasteiger charge is 2.09. The van der Waals surface area contributed by atoms with Crippen molar-refractivity contribution in [2.24, 2.45) is 5.73 Å². The molecule has 17 heavy (non-hydrogen) atoms. The van der Waals surface area contributed by atoms with Gasteiger partial charge >= 0.3 is 0 Å². The largest absolute Gasteiger partial charge is 0.493 e. The van der Waals surface area contributed by atoms with Crippen molar-refractivity contribution in [3.63, 3.8) is 0 Å². The van der Waals surface area contributed by atoms with E-state index in [2.05, 4.69) is 0 Å². The molecule has 0 aliphatic heterocycles. The first-order valence-electron chi connectivity index (χ1n) is 5.82. The zero-order chi connectivity index (χ0) is 12.7. The lowest BCUT2D eigenvalue weighted by Gasteiger charge is -2.14. The first kappa shape index (κ1) is 13.9. The van der Waals surface area contributed by atoms with Gasteiger partial charge in [0.15, 0.2) is 0 Å². The molecule has 0 bridgehead atoms. The Kier molecular flexibility index (Phi) is 5.94. The summed E-state index contributed by atoms with van der Waals surface area (Å²) in [6.07, 6.45) is 1.86. The lowest BCUT2D eigenvalue weighted by Crippen LogP contribution is -2.09. The van der Waals surface area contributed by atoms with Crippen molar-refractivity contribution < 1.29 is 13.9 Å². The molecule has 1 unspecified atom stereocenters. The van der Waals surface area contributed by atoms with E-state index in [4.69, 9.17) is 15.2 Å². The Morgan fingerprint density at radius 2 is 2.00 bits per heavy atom. The SMILES string of the molecule is COCCCCOc1ccc(F)cc1C(C)N. The molecule has 0 saturated heterocycles. The summed E-state index contributed by atoms with van der Waals surface area (Å²) in [6, 6.07) is 4.20. The molecule has 0 heterocycles. The molecule has 0 amide bonds. The molecule has 0 saturated carbocycles. The standard InChI is InChI=1S/C13H20FNO2/c1-10(15)12-9-11(14)5-6-13(12)17-8-4-3-7-16-2/h5-6,9-10H,3-4,7-8,15H2,1-2H3. The number of benzene rings is 1. The van der Waals surface area contributed by atoms with Gasteiger partial charge in [0, 0.05) is 25.3 Å². The van der Waals surface area contributed by atoms with Crippen molar-refractivity contribution in [3.05, 3.63) is 29.6 Å². The molecule has 0 aliphatic carbocycles. The summed E-state index contributed by atoms with van der Waals surface area (Å²) >= 11 is 0. The Labute approximate surface area is 102 Å². The van der Waals surface area contributed by atoms with E-state index >= 15 is 0 Å². The summed E-state index contributed by atoms with van der Waals surface area (Å²) in [5.74, 6) is 0.378. The minimum atomic E-state index is -0.288. The Morgan fingerprint density at radius 1 is 1.29 bits per heavy atom. The number of ether oxygens (including phenoxy) is 2. The second-order valence-corrected chi connectivity index (χ2v) is 4.02. The number of hydrogen-bond donors (Lipinski definition) is 1. The number of hydrogen-bond acceptors (Lipinski definition) is 3. The number of unbranched alkanes of at least 4 members (excludes halogenated alkanes) is 1. The van der Waals surface area contributed by atoms with Gasteiger partial charge in [-0.1, -0.05) is 0 Å². The van der Waals surface area contributed by atoms with Crippen molar-refractivity contribution in [2.75, 3.05) is 20.3 Å². The molecule has 96 valence electrons. The topological polar surface area (TPSA) is 44.5 Å². The van der Waals surface area contributed by atoms with E-state index in [0.29, 0.717) is 17.9 Å². The molecular weight excluding hydrogens is 221 g/mol. The average molecular weight is 241 g/mol. The minimum Gasteiger partial charge on any atom is -0.493 e. The highest BCUT2D eigenvalue weighted by Crippen LogP contribution is 2.24. The van der Waals surface area contributed by atoms with Crippen LogP contribution in [0, 0.1) is 5.82 Å². The number of methoxy groups -OCH3 is 1. The van der Waals surface area contributed by atoms with E-state index in [9.17, 15) is 4.39 Å². The maximum Gasteiger partial charge on any atom is 0.124 e. The smallest absolute Gasteiger partial charge is 0.124 e. The summed E-state index contributed by atoms with van der Waals surface area (Å²) in [6.45, 7) is 3.13. The van der Waals surface area contributed by atoms with E-state index in [-0.39, 0.29) is 11.9 Å². The second kappa shape index (κ2) is 7.25. The quantitative estimate of drug-likeness (QED) is 0.746. The van der Waals surface area contributed by atoms with E-state index in [1.165, 1.54) is 12.1 Å². The third-order valence-electron chi connectivity index (χ3n) is 2.46. The highest BCUT2D eigenvalue weighted by atomic mass is 19.1. The molecule has 2 N–H and O–H groups in total. The van der Waals surface area contributed by atoms with Crippen molar-refractivity contribution in [1.29, 1.82) is 0 Å². The van der Waals surface area contributed by atoms with E-state index in [1.807, 2.05) is 6.92 Å². The van der Waals surface area contributed by atoms with E-state index < -0.39 is 0 Å². The summed E-state index contributed by atoms with van der Waals surface area (Å²) < 4.78 is 23.6. The summed E-state index contributed by atoms with van der Waals surface area (Å²) in [5, 5.41) is 0. The molecule has 1 aromatic carbocycles. The molecule has 1 atom stereocenters. The Balaban J connectivity index is 2.52. The van der Waals surface area contributed by atoms with Crippen LogP contribution in [0.2, 0.25) is 0 Å². The first-order valence-corrected chi connectivity index (χ1v) is 5.82. The predicted octanol–water partition coefficient (Wildman–Crippen LogP) is 2.65. The van der Waals surface area contributed by atoms with Crippen LogP contribution < -0.4 is 10.5 Å². The minimum absolute atomic E-state index is 0.236. The van der Waals surface area contributed by atoms with Gasteiger partial charge in [-0.05, 0) is 38.0 Å². The van der Waals surface area contributed by atoms with Crippen LogP contribution in [0.15, 0.2) is 18.2 Å². The zero-order valence-electron chi connectivity index (χ0n) is 10.4. The van der Waals surface area contributed by atoms with E-state index in [0.717, 1.165) is 19.4 Å². The van der Waals surface area contributed by atoms with Gasteiger partial charge in [0.05, 0.1) is 6.61 Å². The van der Waals surface area contributed by atoms with Gasteiger partial charge in [-0.15, -0.1) is 0 Å². The van der Waals surface area contributed by atoms with Crippen LogP contribution in [0.4, 0.5) is 4.39 Å². The Morgan fingerprint density at radius 3 is 2.65 bits per heavy atom. The maximum atomic E-state index is 13.1. The van der Waals surface area contributed by atoms with Gasteiger partial charge in [-0.2, -0.15) is 0 Å². The zero-order valence-corrected chi connectivity index (χ0v) is 10.4. The van der Waals surface area contributed by atoms with Crippen LogP contribution in [0.5, 0.6) is 5.75 Å². The third kappa shape index (κ3) is 4.71. The highest BCUT2D eigenvalue weighted by molar-refractivity contribution is 5.36. The molecule has 0 aliphatic rings. The van der Waals surface area contributed by atoms with Crippen molar-refractivity contribution >= 4 is 0 Å². The van der Waals surface area contributed by atoms with Crippen LogP contribution in [-0.2, 0) is 4.74 Å². The number of halogens is 1. The van der Waals surface area contributed by atoms with Gasteiger partial charge in [0.2, 0.25) is 0 Å².